The van der Waals surface area contributed by atoms with E-state index in [1.165, 1.54) is 0 Å². The topological polar surface area (TPSA) is 45.1 Å². The molecule has 84 valence electrons. The first-order valence-electron chi connectivity index (χ1n) is 5.21. The van der Waals surface area contributed by atoms with Crippen molar-refractivity contribution >= 4 is 11.6 Å². The molecular weight excluding hydrogens is 212 g/mol. The van der Waals surface area contributed by atoms with Crippen LogP contribution in [0.5, 0.6) is 0 Å². The van der Waals surface area contributed by atoms with Gasteiger partial charge < -0.3 is 10.4 Å². The summed E-state index contributed by atoms with van der Waals surface area (Å²) in [4.78, 5) is 3.91. The third kappa shape index (κ3) is 4.60. The van der Waals surface area contributed by atoms with Crippen molar-refractivity contribution < 1.29 is 5.11 Å². The highest BCUT2D eigenvalue weighted by Gasteiger charge is 2.01. The lowest BCUT2D eigenvalue weighted by molar-refractivity contribution is 0.159. The van der Waals surface area contributed by atoms with Crippen LogP contribution >= 0.6 is 11.6 Å². The molecule has 1 unspecified atom stereocenters. The molecule has 0 aliphatic rings. The number of hydrogen-bond acceptors (Lipinski definition) is 3. The molecule has 1 aromatic rings. The molecule has 0 amide bonds. The molecule has 1 atom stereocenters. The lowest BCUT2D eigenvalue weighted by atomic mass is 10.2. The van der Waals surface area contributed by atoms with Gasteiger partial charge in [0.15, 0.2) is 0 Å². The van der Waals surface area contributed by atoms with Crippen molar-refractivity contribution in [3.8, 4) is 0 Å². The van der Waals surface area contributed by atoms with E-state index in [-0.39, 0.29) is 6.10 Å². The van der Waals surface area contributed by atoms with E-state index >= 15 is 0 Å². The number of aliphatic hydroxyl groups excluding tert-OH is 1. The molecule has 0 aliphatic carbocycles. The maximum absolute atomic E-state index is 9.33. The molecule has 0 aliphatic heterocycles. The van der Waals surface area contributed by atoms with Crippen LogP contribution in [0.2, 0.25) is 5.02 Å². The van der Waals surface area contributed by atoms with Crippen LogP contribution in [0.1, 0.15) is 25.3 Å². The van der Waals surface area contributed by atoms with Crippen LogP contribution in [0.15, 0.2) is 18.5 Å². The predicted octanol–water partition coefficient (Wildman–Crippen LogP) is 1.99. The second-order valence-corrected chi connectivity index (χ2v) is 3.90. The van der Waals surface area contributed by atoms with Gasteiger partial charge in [0.2, 0.25) is 0 Å². The summed E-state index contributed by atoms with van der Waals surface area (Å²) in [5, 5.41) is 13.3. The SMILES string of the molecule is CCC(O)CCNCc1ccncc1Cl. The van der Waals surface area contributed by atoms with Gasteiger partial charge >= 0.3 is 0 Å². The molecule has 0 fully saturated rings. The van der Waals surface area contributed by atoms with Gasteiger partial charge in [-0.1, -0.05) is 18.5 Å². The minimum atomic E-state index is -0.203. The molecule has 2 N–H and O–H groups in total. The van der Waals surface area contributed by atoms with E-state index in [2.05, 4.69) is 10.3 Å². The second kappa shape index (κ2) is 6.77. The van der Waals surface area contributed by atoms with Crippen LogP contribution in [-0.4, -0.2) is 22.7 Å². The number of nitrogens with zero attached hydrogens (tertiary/aromatic N) is 1. The largest absolute Gasteiger partial charge is 0.393 e. The van der Waals surface area contributed by atoms with Gasteiger partial charge in [-0.15, -0.1) is 0 Å². The minimum absolute atomic E-state index is 0.203. The Hall–Kier alpha value is -0.640. The Morgan fingerprint density at radius 1 is 1.60 bits per heavy atom. The number of nitrogens with one attached hydrogen (secondary N) is 1. The zero-order chi connectivity index (χ0) is 11.1. The fourth-order valence-electron chi connectivity index (χ4n) is 1.24. The lowest BCUT2D eigenvalue weighted by Gasteiger charge is -2.09. The summed E-state index contributed by atoms with van der Waals surface area (Å²) in [7, 11) is 0. The molecule has 1 rings (SSSR count). The summed E-state index contributed by atoms with van der Waals surface area (Å²) < 4.78 is 0. The molecule has 0 bridgehead atoms. The van der Waals surface area contributed by atoms with E-state index in [0.717, 1.165) is 31.5 Å². The van der Waals surface area contributed by atoms with Gasteiger partial charge in [-0.3, -0.25) is 4.98 Å². The summed E-state index contributed by atoms with van der Waals surface area (Å²) in [6, 6.07) is 1.89. The van der Waals surface area contributed by atoms with E-state index in [9.17, 15) is 5.11 Å². The molecule has 1 aromatic heterocycles. The summed E-state index contributed by atoms with van der Waals surface area (Å²) in [5.74, 6) is 0. The molecule has 4 heteroatoms. The van der Waals surface area contributed by atoms with Gasteiger partial charge in [0, 0.05) is 18.9 Å². The highest BCUT2D eigenvalue weighted by molar-refractivity contribution is 6.31. The number of rotatable bonds is 6. The maximum Gasteiger partial charge on any atom is 0.0634 e. The van der Waals surface area contributed by atoms with Crippen molar-refractivity contribution in [2.45, 2.75) is 32.4 Å². The normalized spacial score (nSPS) is 12.7. The third-order valence-electron chi connectivity index (χ3n) is 2.30. The van der Waals surface area contributed by atoms with Gasteiger partial charge in [-0.25, -0.2) is 0 Å². The fraction of sp³-hybridized carbons (Fsp3) is 0.545. The van der Waals surface area contributed by atoms with Crippen molar-refractivity contribution in [2.75, 3.05) is 6.54 Å². The van der Waals surface area contributed by atoms with E-state index in [1.807, 2.05) is 13.0 Å². The molecule has 0 radical (unpaired) electrons. The molecule has 0 aromatic carbocycles. The van der Waals surface area contributed by atoms with E-state index in [4.69, 9.17) is 11.6 Å². The van der Waals surface area contributed by atoms with Crippen molar-refractivity contribution in [2.24, 2.45) is 0 Å². The zero-order valence-corrected chi connectivity index (χ0v) is 9.67. The van der Waals surface area contributed by atoms with E-state index in [0.29, 0.717) is 5.02 Å². The Morgan fingerprint density at radius 2 is 2.40 bits per heavy atom. The smallest absolute Gasteiger partial charge is 0.0634 e. The number of aromatic nitrogens is 1. The van der Waals surface area contributed by atoms with Gasteiger partial charge in [0.25, 0.3) is 0 Å². The highest BCUT2D eigenvalue weighted by Crippen LogP contribution is 2.12. The number of halogens is 1. The van der Waals surface area contributed by atoms with Gasteiger partial charge in [-0.2, -0.15) is 0 Å². The number of aliphatic hydroxyl groups is 1. The van der Waals surface area contributed by atoms with E-state index in [1.54, 1.807) is 12.4 Å². The van der Waals surface area contributed by atoms with Crippen LogP contribution in [0.3, 0.4) is 0 Å². The molecule has 1 heterocycles. The second-order valence-electron chi connectivity index (χ2n) is 3.49. The summed E-state index contributed by atoms with van der Waals surface area (Å²) in [6.07, 6.45) is 4.74. The van der Waals surface area contributed by atoms with Crippen LogP contribution < -0.4 is 5.32 Å². The monoisotopic (exact) mass is 228 g/mol. The Balaban J connectivity index is 2.23. The maximum atomic E-state index is 9.33. The summed E-state index contributed by atoms with van der Waals surface area (Å²) in [6.45, 7) is 3.50. The Morgan fingerprint density at radius 3 is 3.07 bits per heavy atom. The number of pyridine rings is 1. The van der Waals surface area contributed by atoms with Crippen LogP contribution in [0.25, 0.3) is 0 Å². The fourth-order valence-corrected chi connectivity index (χ4v) is 1.43. The van der Waals surface area contributed by atoms with Crippen molar-refractivity contribution in [1.82, 2.24) is 10.3 Å². The molecule has 3 nitrogen and oxygen atoms in total. The average molecular weight is 229 g/mol. The van der Waals surface area contributed by atoms with Gasteiger partial charge in [-0.05, 0) is 31.0 Å². The highest BCUT2D eigenvalue weighted by atomic mass is 35.5. The van der Waals surface area contributed by atoms with Crippen LogP contribution in [0.4, 0.5) is 0 Å². The zero-order valence-electron chi connectivity index (χ0n) is 8.91. The van der Waals surface area contributed by atoms with Crippen molar-refractivity contribution in [1.29, 1.82) is 0 Å². The quantitative estimate of drug-likeness (QED) is 0.732. The predicted molar refractivity (Wildman–Crippen MR) is 61.9 cm³/mol. The van der Waals surface area contributed by atoms with Crippen LogP contribution in [0, 0.1) is 0 Å². The molecule has 15 heavy (non-hydrogen) atoms. The van der Waals surface area contributed by atoms with E-state index < -0.39 is 0 Å². The Kier molecular flexibility index (Phi) is 5.61. The first kappa shape index (κ1) is 12.4. The van der Waals surface area contributed by atoms with Crippen molar-refractivity contribution in [3.63, 3.8) is 0 Å². The number of hydrogen-bond donors (Lipinski definition) is 2. The summed E-state index contributed by atoms with van der Waals surface area (Å²) in [5.41, 5.74) is 1.04. The van der Waals surface area contributed by atoms with Crippen LogP contribution in [-0.2, 0) is 6.54 Å². The molecule has 0 saturated heterocycles. The third-order valence-corrected chi connectivity index (χ3v) is 2.64. The first-order valence-corrected chi connectivity index (χ1v) is 5.59. The Bertz CT molecular complexity index is 294. The lowest BCUT2D eigenvalue weighted by Crippen LogP contribution is -2.19. The van der Waals surface area contributed by atoms with Gasteiger partial charge in [0.05, 0.1) is 11.1 Å². The Labute approximate surface area is 95.5 Å². The minimum Gasteiger partial charge on any atom is -0.393 e. The first-order chi connectivity index (χ1) is 7.24. The molecule has 0 saturated carbocycles. The van der Waals surface area contributed by atoms with Gasteiger partial charge in [0.1, 0.15) is 0 Å². The standard InChI is InChI=1S/C11H17ClN2O/c1-2-10(15)4-6-13-7-9-3-5-14-8-11(9)12/h3,5,8,10,13,15H,2,4,6-7H2,1H3. The average Bonchev–Trinajstić information content (AvgIpc) is 2.26. The molecule has 0 spiro atoms. The summed E-state index contributed by atoms with van der Waals surface area (Å²) >= 11 is 5.94. The molecular formula is C11H17ClN2O. The van der Waals surface area contributed by atoms with Crippen molar-refractivity contribution in [3.05, 3.63) is 29.0 Å².